The van der Waals surface area contributed by atoms with E-state index in [9.17, 15) is 14.4 Å². The number of thiophene rings is 1. The third-order valence-electron chi connectivity index (χ3n) is 4.28. The smallest absolute Gasteiger partial charge is 0.325 e. The van der Waals surface area contributed by atoms with E-state index in [1.54, 1.807) is 49.4 Å². The maximum atomic E-state index is 12.7. The maximum absolute atomic E-state index is 12.7. The molecule has 1 heterocycles. The summed E-state index contributed by atoms with van der Waals surface area (Å²) in [5.41, 5.74) is 1.29. The Morgan fingerprint density at radius 3 is 2.44 bits per heavy atom. The van der Waals surface area contributed by atoms with Crippen LogP contribution in [0.15, 0.2) is 72.4 Å². The van der Waals surface area contributed by atoms with Gasteiger partial charge in [-0.1, -0.05) is 48.0 Å². The van der Waals surface area contributed by atoms with Crippen LogP contribution in [0.25, 0.3) is 16.5 Å². The third-order valence-corrected chi connectivity index (χ3v) is 5.68. The third kappa shape index (κ3) is 6.29. The van der Waals surface area contributed by atoms with Gasteiger partial charge in [-0.2, -0.15) is 0 Å². The number of carbonyl (C=O) groups is 3. The summed E-state index contributed by atoms with van der Waals surface area (Å²) in [7, 11) is 0. The highest BCUT2D eigenvalue weighted by atomic mass is 35.5. The Morgan fingerprint density at radius 1 is 1.00 bits per heavy atom. The standard InChI is InChI=1S/C24H21ClN2O4S/c1-2-31-22(28)15-26-24(30)20(27-23(29)16-8-4-3-5-9-16)14-17-12-13-21(32-17)18-10-6-7-11-19(18)25/h3-14H,2,15H2,1H3,(H,26,30)(H,27,29)/b20-14-. The summed E-state index contributed by atoms with van der Waals surface area (Å²) in [5, 5.41) is 5.74. The highest BCUT2D eigenvalue weighted by Crippen LogP contribution is 2.33. The van der Waals surface area contributed by atoms with Gasteiger partial charge in [-0.25, -0.2) is 0 Å². The summed E-state index contributed by atoms with van der Waals surface area (Å²) in [5.74, 6) is -1.60. The lowest BCUT2D eigenvalue weighted by atomic mass is 10.2. The van der Waals surface area contributed by atoms with Gasteiger partial charge in [0, 0.05) is 25.9 Å². The second-order valence-corrected chi connectivity index (χ2v) is 8.07. The van der Waals surface area contributed by atoms with Gasteiger partial charge in [0.1, 0.15) is 12.2 Å². The van der Waals surface area contributed by atoms with Gasteiger partial charge in [-0.3, -0.25) is 14.4 Å². The van der Waals surface area contributed by atoms with Crippen molar-refractivity contribution in [1.82, 2.24) is 10.6 Å². The fourth-order valence-corrected chi connectivity index (χ4v) is 4.06. The number of amides is 2. The minimum absolute atomic E-state index is 0.00992. The number of hydrogen-bond donors (Lipinski definition) is 2. The molecular weight excluding hydrogens is 448 g/mol. The topological polar surface area (TPSA) is 84.5 Å². The molecule has 2 N–H and O–H groups in total. The average molecular weight is 469 g/mol. The van der Waals surface area contributed by atoms with Gasteiger partial charge in [0.25, 0.3) is 11.8 Å². The summed E-state index contributed by atoms with van der Waals surface area (Å²) in [6.45, 7) is 1.58. The Bertz CT molecular complexity index is 1140. The quantitative estimate of drug-likeness (QED) is 0.376. The summed E-state index contributed by atoms with van der Waals surface area (Å²) < 4.78 is 4.83. The van der Waals surface area contributed by atoms with Crippen LogP contribution in [-0.2, 0) is 14.3 Å². The maximum Gasteiger partial charge on any atom is 0.325 e. The van der Waals surface area contributed by atoms with Crippen LogP contribution in [0.4, 0.5) is 0 Å². The predicted octanol–water partition coefficient (Wildman–Crippen LogP) is 4.52. The number of carbonyl (C=O) groups excluding carboxylic acids is 3. The molecule has 0 unspecified atom stereocenters. The first-order valence-electron chi connectivity index (χ1n) is 9.84. The largest absolute Gasteiger partial charge is 0.465 e. The molecule has 0 bridgehead atoms. The molecule has 2 amide bonds. The van der Waals surface area contributed by atoms with Crippen molar-refractivity contribution in [3.05, 3.63) is 87.9 Å². The minimum Gasteiger partial charge on any atom is -0.465 e. The molecule has 164 valence electrons. The molecule has 0 spiro atoms. The number of nitrogens with one attached hydrogen (secondary N) is 2. The second kappa shape index (κ2) is 11.3. The van der Waals surface area contributed by atoms with Crippen molar-refractivity contribution in [2.75, 3.05) is 13.2 Å². The summed E-state index contributed by atoms with van der Waals surface area (Å²) in [6.07, 6.45) is 1.56. The molecule has 3 rings (SSSR count). The van der Waals surface area contributed by atoms with Crippen molar-refractivity contribution in [2.45, 2.75) is 6.92 Å². The molecule has 32 heavy (non-hydrogen) atoms. The number of halogens is 1. The predicted molar refractivity (Wildman–Crippen MR) is 126 cm³/mol. The molecule has 0 aliphatic carbocycles. The van der Waals surface area contributed by atoms with Crippen molar-refractivity contribution in [3.63, 3.8) is 0 Å². The molecule has 0 aliphatic heterocycles. The SMILES string of the molecule is CCOC(=O)CNC(=O)/C(=C/c1ccc(-c2ccccc2Cl)s1)NC(=O)c1ccccc1. The van der Waals surface area contributed by atoms with E-state index in [1.807, 2.05) is 30.3 Å². The van der Waals surface area contributed by atoms with Crippen LogP contribution in [0, 0.1) is 0 Å². The molecule has 8 heteroatoms. The Balaban J connectivity index is 1.85. The summed E-state index contributed by atoms with van der Waals surface area (Å²) in [6, 6.07) is 19.7. The first kappa shape index (κ1) is 23.2. The van der Waals surface area contributed by atoms with E-state index >= 15 is 0 Å². The molecule has 0 saturated heterocycles. The van der Waals surface area contributed by atoms with E-state index in [2.05, 4.69) is 10.6 Å². The normalized spacial score (nSPS) is 11.0. The lowest BCUT2D eigenvalue weighted by Crippen LogP contribution is -2.37. The number of rotatable bonds is 8. The first-order chi connectivity index (χ1) is 15.5. The average Bonchev–Trinajstić information content (AvgIpc) is 3.26. The summed E-state index contributed by atoms with van der Waals surface area (Å²) in [4.78, 5) is 38.6. The van der Waals surface area contributed by atoms with E-state index in [4.69, 9.17) is 16.3 Å². The Morgan fingerprint density at radius 2 is 1.72 bits per heavy atom. The van der Waals surface area contributed by atoms with Crippen molar-refractivity contribution in [2.24, 2.45) is 0 Å². The van der Waals surface area contributed by atoms with E-state index in [0.29, 0.717) is 10.6 Å². The fourth-order valence-electron chi connectivity index (χ4n) is 2.78. The number of hydrogen-bond acceptors (Lipinski definition) is 5. The van der Waals surface area contributed by atoms with Crippen LogP contribution in [0.5, 0.6) is 0 Å². The Labute approximate surface area is 194 Å². The van der Waals surface area contributed by atoms with E-state index < -0.39 is 17.8 Å². The Kier molecular flexibility index (Phi) is 8.19. The van der Waals surface area contributed by atoms with E-state index in [0.717, 1.165) is 15.3 Å². The molecule has 3 aromatic rings. The lowest BCUT2D eigenvalue weighted by molar-refractivity contribution is -0.143. The summed E-state index contributed by atoms with van der Waals surface area (Å²) >= 11 is 7.70. The van der Waals surface area contributed by atoms with Crippen LogP contribution in [0.2, 0.25) is 5.02 Å². The number of esters is 1. The fraction of sp³-hybridized carbons (Fsp3) is 0.125. The van der Waals surface area contributed by atoms with Crippen LogP contribution < -0.4 is 10.6 Å². The zero-order valence-corrected chi connectivity index (χ0v) is 18.8. The van der Waals surface area contributed by atoms with Gasteiger partial charge in [-0.15, -0.1) is 11.3 Å². The van der Waals surface area contributed by atoms with Gasteiger partial charge in [-0.05, 0) is 43.3 Å². The van der Waals surface area contributed by atoms with Crippen molar-refractivity contribution in [3.8, 4) is 10.4 Å². The molecule has 1 aromatic heterocycles. The minimum atomic E-state index is -0.602. The number of benzene rings is 2. The van der Waals surface area contributed by atoms with Crippen molar-refractivity contribution < 1.29 is 19.1 Å². The zero-order chi connectivity index (χ0) is 22.9. The molecule has 0 aliphatic rings. The van der Waals surface area contributed by atoms with Crippen LogP contribution in [-0.4, -0.2) is 30.9 Å². The molecule has 2 aromatic carbocycles. The van der Waals surface area contributed by atoms with Crippen molar-refractivity contribution >= 4 is 46.8 Å². The molecule has 6 nitrogen and oxygen atoms in total. The van der Waals surface area contributed by atoms with Gasteiger partial charge < -0.3 is 15.4 Å². The molecular formula is C24H21ClN2O4S. The monoisotopic (exact) mass is 468 g/mol. The van der Waals surface area contributed by atoms with Crippen LogP contribution in [0.1, 0.15) is 22.2 Å². The van der Waals surface area contributed by atoms with E-state index in [1.165, 1.54) is 11.3 Å². The van der Waals surface area contributed by atoms with E-state index in [-0.39, 0.29) is 18.8 Å². The second-order valence-electron chi connectivity index (χ2n) is 6.55. The van der Waals surface area contributed by atoms with Crippen LogP contribution in [0.3, 0.4) is 0 Å². The molecule has 0 fully saturated rings. The highest BCUT2D eigenvalue weighted by Gasteiger charge is 2.16. The van der Waals surface area contributed by atoms with Crippen LogP contribution >= 0.6 is 22.9 Å². The first-order valence-corrected chi connectivity index (χ1v) is 11.0. The lowest BCUT2D eigenvalue weighted by Gasteiger charge is -2.10. The van der Waals surface area contributed by atoms with Gasteiger partial charge in [0.05, 0.1) is 6.61 Å². The van der Waals surface area contributed by atoms with Gasteiger partial charge >= 0.3 is 5.97 Å². The van der Waals surface area contributed by atoms with Gasteiger partial charge in [0.15, 0.2) is 0 Å². The van der Waals surface area contributed by atoms with Crippen molar-refractivity contribution in [1.29, 1.82) is 0 Å². The molecule has 0 saturated carbocycles. The molecule has 0 atom stereocenters. The molecule has 0 radical (unpaired) electrons. The zero-order valence-electron chi connectivity index (χ0n) is 17.3. The highest BCUT2D eigenvalue weighted by molar-refractivity contribution is 7.16. The van der Waals surface area contributed by atoms with Gasteiger partial charge in [0.2, 0.25) is 0 Å². The Hall–Kier alpha value is -3.42. The number of ether oxygens (including phenoxy) is 1.